The first-order valence-corrected chi connectivity index (χ1v) is 6.81. The van der Waals surface area contributed by atoms with Gasteiger partial charge in [0.15, 0.2) is 0 Å². The van der Waals surface area contributed by atoms with Gasteiger partial charge >= 0.3 is 0 Å². The predicted molar refractivity (Wildman–Crippen MR) is 83.1 cm³/mol. The molecule has 4 heteroatoms. The molecule has 0 saturated carbocycles. The van der Waals surface area contributed by atoms with Crippen molar-refractivity contribution in [3.63, 3.8) is 0 Å². The van der Waals surface area contributed by atoms with Crippen molar-refractivity contribution in [1.82, 2.24) is 5.43 Å². The van der Waals surface area contributed by atoms with Crippen molar-refractivity contribution >= 4 is 11.0 Å². The topological polar surface area (TPSA) is 60.4 Å². The Labute approximate surface area is 123 Å². The van der Waals surface area contributed by atoms with Crippen molar-refractivity contribution in [2.45, 2.75) is 13.0 Å². The Balaban J connectivity index is 2.10. The Hall–Kier alpha value is -2.30. The first-order chi connectivity index (χ1) is 10.2. The molecule has 3 aromatic rings. The molecule has 21 heavy (non-hydrogen) atoms. The fraction of sp³-hybridized carbons (Fsp3) is 0.176. The summed E-state index contributed by atoms with van der Waals surface area (Å²) in [5, 5.41) is 1.07. The summed E-state index contributed by atoms with van der Waals surface area (Å²) in [7, 11) is 1.66. The van der Waals surface area contributed by atoms with Crippen LogP contribution in [0.25, 0.3) is 11.0 Å². The van der Waals surface area contributed by atoms with E-state index in [1.807, 2.05) is 49.4 Å². The van der Waals surface area contributed by atoms with E-state index in [4.69, 9.17) is 15.0 Å². The maximum Gasteiger partial charge on any atom is 0.134 e. The predicted octanol–water partition coefficient (Wildman–Crippen LogP) is 3.30. The average Bonchev–Trinajstić information content (AvgIpc) is 2.94. The lowest BCUT2D eigenvalue weighted by Crippen LogP contribution is -2.29. The molecule has 0 saturated heterocycles. The molecule has 108 valence electrons. The quantitative estimate of drug-likeness (QED) is 0.569. The zero-order chi connectivity index (χ0) is 14.8. The SMILES string of the molecule is COc1ccc(C(NN)c2coc3ccccc23)c(C)c1. The van der Waals surface area contributed by atoms with Crippen LogP contribution in [0.4, 0.5) is 0 Å². The van der Waals surface area contributed by atoms with E-state index < -0.39 is 0 Å². The molecule has 0 fully saturated rings. The van der Waals surface area contributed by atoms with Gasteiger partial charge in [-0.2, -0.15) is 0 Å². The van der Waals surface area contributed by atoms with Gasteiger partial charge in [-0.05, 0) is 36.2 Å². The van der Waals surface area contributed by atoms with E-state index in [0.717, 1.165) is 33.4 Å². The number of hydrogen-bond donors (Lipinski definition) is 2. The molecule has 0 spiro atoms. The van der Waals surface area contributed by atoms with Gasteiger partial charge in [0.25, 0.3) is 0 Å². The minimum absolute atomic E-state index is 0.125. The van der Waals surface area contributed by atoms with E-state index in [9.17, 15) is 0 Å². The number of hydrogen-bond acceptors (Lipinski definition) is 4. The summed E-state index contributed by atoms with van der Waals surface area (Å²) < 4.78 is 10.9. The van der Waals surface area contributed by atoms with E-state index in [1.165, 1.54) is 0 Å². The number of rotatable bonds is 4. The summed E-state index contributed by atoms with van der Waals surface area (Å²) in [4.78, 5) is 0. The normalized spacial score (nSPS) is 12.5. The lowest BCUT2D eigenvalue weighted by molar-refractivity contribution is 0.414. The van der Waals surface area contributed by atoms with E-state index in [2.05, 4.69) is 5.43 Å². The van der Waals surface area contributed by atoms with Crippen molar-refractivity contribution in [3.05, 3.63) is 65.4 Å². The third-order valence-electron chi connectivity index (χ3n) is 3.78. The first-order valence-electron chi connectivity index (χ1n) is 6.81. The van der Waals surface area contributed by atoms with E-state index in [-0.39, 0.29) is 6.04 Å². The van der Waals surface area contributed by atoms with Gasteiger partial charge in [-0.25, -0.2) is 5.43 Å². The average molecular weight is 282 g/mol. The van der Waals surface area contributed by atoms with Crippen molar-refractivity contribution in [3.8, 4) is 5.75 Å². The molecule has 1 atom stereocenters. The number of methoxy groups -OCH3 is 1. The van der Waals surface area contributed by atoms with Gasteiger partial charge in [0, 0.05) is 10.9 Å². The van der Waals surface area contributed by atoms with Crippen LogP contribution in [0.15, 0.2) is 53.1 Å². The molecule has 0 aliphatic heterocycles. The first kappa shape index (κ1) is 13.7. The highest BCUT2D eigenvalue weighted by Gasteiger charge is 2.19. The zero-order valence-corrected chi connectivity index (χ0v) is 12.1. The molecule has 1 unspecified atom stereocenters. The minimum Gasteiger partial charge on any atom is -0.497 e. The number of ether oxygens (including phenoxy) is 1. The second kappa shape index (κ2) is 5.60. The summed E-state index contributed by atoms with van der Waals surface area (Å²) in [6.07, 6.45) is 1.76. The Morgan fingerprint density at radius 2 is 1.95 bits per heavy atom. The number of nitrogens with one attached hydrogen (secondary N) is 1. The van der Waals surface area contributed by atoms with Crippen LogP contribution in [0.1, 0.15) is 22.7 Å². The van der Waals surface area contributed by atoms with Crippen LogP contribution in [0.5, 0.6) is 5.75 Å². The van der Waals surface area contributed by atoms with Crippen LogP contribution in [-0.2, 0) is 0 Å². The van der Waals surface area contributed by atoms with Gasteiger partial charge in [-0.3, -0.25) is 5.84 Å². The summed E-state index contributed by atoms with van der Waals surface area (Å²) in [5.41, 5.74) is 6.99. The van der Waals surface area contributed by atoms with Crippen LogP contribution < -0.4 is 16.0 Å². The van der Waals surface area contributed by atoms with Gasteiger partial charge in [-0.1, -0.05) is 24.3 Å². The van der Waals surface area contributed by atoms with Crippen molar-refractivity contribution in [1.29, 1.82) is 0 Å². The molecule has 2 aromatic carbocycles. The Morgan fingerprint density at radius 1 is 1.14 bits per heavy atom. The largest absolute Gasteiger partial charge is 0.497 e. The number of nitrogens with two attached hydrogens (primary N) is 1. The molecule has 4 nitrogen and oxygen atoms in total. The molecule has 0 aliphatic carbocycles. The number of fused-ring (bicyclic) bond motifs is 1. The second-order valence-corrected chi connectivity index (χ2v) is 5.01. The van der Waals surface area contributed by atoms with Gasteiger partial charge in [-0.15, -0.1) is 0 Å². The molecule has 0 bridgehead atoms. The van der Waals surface area contributed by atoms with E-state index >= 15 is 0 Å². The number of aryl methyl sites for hydroxylation is 1. The second-order valence-electron chi connectivity index (χ2n) is 5.01. The Bertz CT molecular complexity index is 764. The number of benzene rings is 2. The lowest BCUT2D eigenvalue weighted by atomic mass is 9.95. The van der Waals surface area contributed by atoms with Crippen molar-refractivity contribution < 1.29 is 9.15 Å². The molecule has 1 heterocycles. The third kappa shape index (κ3) is 2.39. The van der Waals surface area contributed by atoms with E-state index in [1.54, 1.807) is 13.4 Å². The van der Waals surface area contributed by atoms with Crippen LogP contribution in [-0.4, -0.2) is 7.11 Å². The molecule has 3 rings (SSSR count). The van der Waals surface area contributed by atoms with Gasteiger partial charge < -0.3 is 9.15 Å². The zero-order valence-electron chi connectivity index (χ0n) is 12.1. The van der Waals surface area contributed by atoms with Crippen molar-refractivity contribution in [2.24, 2.45) is 5.84 Å². The monoisotopic (exact) mass is 282 g/mol. The highest BCUT2D eigenvalue weighted by molar-refractivity contribution is 5.82. The molecule has 1 aromatic heterocycles. The highest BCUT2D eigenvalue weighted by atomic mass is 16.5. The highest BCUT2D eigenvalue weighted by Crippen LogP contribution is 2.32. The van der Waals surface area contributed by atoms with Gasteiger partial charge in [0.05, 0.1) is 19.4 Å². The van der Waals surface area contributed by atoms with E-state index in [0.29, 0.717) is 0 Å². The number of furan rings is 1. The molecular weight excluding hydrogens is 264 g/mol. The van der Waals surface area contributed by atoms with Crippen LogP contribution >= 0.6 is 0 Å². The van der Waals surface area contributed by atoms with Gasteiger partial charge in [0.1, 0.15) is 11.3 Å². The fourth-order valence-electron chi connectivity index (χ4n) is 2.67. The lowest BCUT2D eigenvalue weighted by Gasteiger charge is -2.18. The number of hydrazine groups is 1. The van der Waals surface area contributed by atoms with Crippen molar-refractivity contribution in [2.75, 3.05) is 7.11 Å². The Kier molecular flexibility index (Phi) is 3.64. The van der Waals surface area contributed by atoms with Gasteiger partial charge in [0.2, 0.25) is 0 Å². The molecule has 0 aliphatic rings. The summed E-state index contributed by atoms with van der Waals surface area (Å²) >= 11 is 0. The number of para-hydroxylation sites is 1. The molecule has 0 amide bonds. The Morgan fingerprint density at radius 3 is 2.67 bits per heavy atom. The van der Waals surface area contributed by atoms with Crippen LogP contribution in [0.3, 0.4) is 0 Å². The summed E-state index contributed by atoms with van der Waals surface area (Å²) in [5.74, 6) is 6.64. The summed E-state index contributed by atoms with van der Waals surface area (Å²) in [6.45, 7) is 2.05. The summed E-state index contributed by atoms with van der Waals surface area (Å²) in [6, 6.07) is 13.8. The maximum absolute atomic E-state index is 5.80. The third-order valence-corrected chi connectivity index (χ3v) is 3.78. The fourth-order valence-corrected chi connectivity index (χ4v) is 2.67. The standard InChI is InChI=1S/C17H18N2O2/c1-11-9-12(20-2)7-8-13(11)17(19-18)15-10-21-16-6-4-3-5-14(15)16/h3-10,17,19H,18H2,1-2H3. The minimum atomic E-state index is -0.125. The maximum atomic E-state index is 5.80. The molecule has 0 radical (unpaired) electrons. The van der Waals surface area contributed by atoms with Crippen LogP contribution in [0.2, 0.25) is 0 Å². The smallest absolute Gasteiger partial charge is 0.134 e. The molecular formula is C17H18N2O2. The molecule has 3 N–H and O–H groups in total. The van der Waals surface area contributed by atoms with Crippen LogP contribution in [0, 0.1) is 6.92 Å².